The molecule has 0 amide bonds. The summed E-state index contributed by atoms with van der Waals surface area (Å²) in [6.07, 6.45) is 7.98. The zero-order valence-corrected chi connectivity index (χ0v) is 32.3. The molecule has 2 spiro atoms. The lowest BCUT2D eigenvalue weighted by atomic mass is 9.41. The number of hydrogen-bond donors (Lipinski definition) is 2. The van der Waals surface area contributed by atoms with Crippen molar-refractivity contribution in [3.05, 3.63) is 35.9 Å². The highest BCUT2D eigenvalue weighted by molar-refractivity contribution is 5.33. The van der Waals surface area contributed by atoms with E-state index in [9.17, 15) is 10.2 Å². The first-order chi connectivity index (χ1) is 23.6. The molecule has 0 aromatic heterocycles. The third-order valence-corrected chi connectivity index (χ3v) is 16.8. The number of morpholine rings is 1. The van der Waals surface area contributed by atoms with Crippen molar-refractivity contribution in [1.29, 1.82) is 0 Å². The minimum absolute atomic E-state index is 0.0175. The van der Waals surface area contributed by atoms with Crippen LogP contribution in [0.3, 0.4) is 0 Å². The van der Waals surface area contributed by atoms with Crippen LogP contribution in [0.5, 0.6) is 0 Å². The van der Waals surface area contributed by atoms with Crippen molar-refractivity contribution in [2.24, 2.45) is 50.7 Å². The minimum atomic E-state index is -1.01. The van der Waals surface area contributed by atoms with Gasteiger partial charge in [-0.3, -0.25) is 4.90 Å². The van der Waals surface area contributed by atoms with Crippen LogP contribution in [0.2, 0.25) is 0 Å². The molecule has 2 aliphatic heterocycles. The van der Waals surface area contributed by atoms with Gasteiger partial charge in [0.15, 0.2) is 6.29 Å². The summed E-state index contributed by atoms with van der Waals surface area (Å²) in [5.41, 5.74) is 0.862. The highest BCUT2D eigenvalue weighted by Crippen LogP contribution is 2.89. The molecule has 5 saturated carbocycles. The number of aliphatic hydroxyl groups excluding tert-OH is 1. The number of ether oxygens (including phenoxy) is 4. The predicted octanol–water partition coefficient (Wildman–Crippen LogP) is 7.22. The average molecular weight is 694 g/mol. The van der Waals surface area contributed by atoms with E-state index in [2.05, 4.69) is 69.9 Å². The van der Waals surface area contributed by atoms with Crippen LogP contribution in [0.25, 0.3) is 0 Å². The van der Waals surface area contributed by atoms with Gasteiger partial charge in [0.2, 0.25) is 0 Å². The lowest BCUT2D eigenvalue weighted by Gasteiger charge is -2.64. The van der Waals surface area contributed by atoms with E-state index in [0.717, 1.165) is 39.1 Å². The normalized spacial score (nSPS) is 48.8. The average Bonchev–Trinajstić information content (AvgIpc) is 3.70. The van der Waals surface area contributed by atoms with Crippen molar-refractivity contribution in [3.8, 4) is 0 Å². The van der Waals surface area contributed by atoms with Crippen molar-refractivity contribution < 1.29 is 29.2 Å². The Morgan fingerprint density at radius 2 is 1.72 bits per heavy atom. The standard InChI is InChI=1S/C43H67NO6/c1-9-47-37(39(5,6)46)29-23-27(2)34-35(49-29)36(45)41(8)31-16-15-30-38(3,4)32(17-18-42(30)26-43(31,42)20-19-40(34,41)7)50-33-25-44(21-22-48-33)24-28-13-11-10-12-14-28/h10-14,27,29-37,45-46H,9,15-26H2,1-8H3/t27-,29-,30+,31+,32+,33+,34+,35+,36+,37+,40-,41-,42-,43?/m1/s1. The monoisotopic (exact) mass is 693 g/mol. The SMILES string of the molecule is CCO[C@@H]([C@H]1C[C@@H](C)[C@H]2[C@H](O1)[C@H](O)[C@@]1(C)[C@@H]3CC[C@H]4C(C)(C)[C@@H](O[C@H]5CN(Cc6ccccc6)CCO5)CC[C@@]45CC35CC[C@]21C)C(C)(C)O. The number of benzene rings is 1. The molecule has 280 valence electrons. The van der Waals surface area contributed by atoms with Gasteiger partial charge in [0.05, 0.1) is 36.6 Å². The van der Waals surface area contributed by atoms with E-state index in [4.69, 9.17) is 18.9 Å². The van der Waals surface area contributed by atoms with E-state index >= 15 is 0 Å². The topological polar surface area (TPSA) is 80.6 Å². The van der Waals surface area contributed by atoms with Gasteiger partial charge in [-0.1, -0.05) is 65.0 Å². The highest BCUT2D eigenvalue weighted by atomic mass is 16.7. The van der Waals surface area contributed by atoms with Gasteiger partial charge in [-0.2, -0.15) is 0 Å². The van der Waals surface area contributed by atoms with Crippen molar-refractivity contribution in [1.82, 2.24) is 4.90 Å². The van der Waals surface area contributed by atoms with Gasteiger partial charge in [-0.25, -0.2) is 0 Å². The van der Waals surface area contributed by atoms with Crippen LogP contribution in [0.15, 0.2) is 30.3 Å². The maximum Gasteiger partial charge on any atom is 0.170 e. The third kappa shape index (κ3) is 5.06. The third-order valence-electron chi connectivity index (χ3n) is 16.8. The number of nitrogens with zero attached hydrogens (tertiary/aromatic N) is 1. The Hall–Kier alpha value is -1.06. The van der Waals surface area contributed by atoms with Crippen molar-refractivity contribution >= 4 is 0 Å². The minimum Gasteiger partial charge on any atom is -0.390 e. The van der Waals surface area contributed by atoms with E-state index in [-0.39, 0.29) is 40.8 Å². The van der Waals surface area contributed by atoms with E-state index in [1.165, 1.54) is 44.1 Å². The van der Waals surface area contributed by atoms with Crippen LogP contribution in [0, 0.1) is 50.7 Å². The lowest BCUT2D eigenvalue weighted by molar-refractivity contribution is -0.249. The molecule has 50 heavy (non-hydrogen) atoms. The maximum absolute atomic E-state index is 12.6. The van der Waals surface area contributed by atoms with Gasteiger partial charge >= 0.3 is 0 Å². The summed E-state index contributed by atoms with van der Waals surface area (Å²) in [4.78, 5) is 2.49. The molecule has 7 nitrogen and oxygen atoms in total. The number of hydrogen-bond acceptors (Lipinski definition) is 7. The zero-order chi connectivity index (χ0) is 35.5. The molecule has 1 aromatic rings. The van der Waals surface area contributed by atoms with Crippen molar-refractivity contribution in [2.75, 3.05) is 26.3 Å². The van der Waals surface area contributed by atoms with Crippen LogP contribution in [-0.4, -0.2) is 83.8 Å². The first-order valence-corrected chi connectivity index (χ1v) is 20.3. The summed E-state index contributed by atoms with van der Waals surface area (Å²) in [6.45, 7) is 22.0. The molecule has 14 atom stereocenters. The molecular formula is C43H67NO6. The first kappa shape index (κ1) is 35.9. The quantitative estimate of drug-likeness (QED) is 0.298. The summed E-state index contributed by atoms with van der Waals surface area (Å²) in [5.74, 6) is 1.82. The number of aliphatic hydroxyl groups is 2. The van der Waals surface area contributed by atoms with Crippen molar-refractivity contribution in [3.63, 3.8) is 0 Å². The number of rotatable bonds is 8. The molecule has 1 aromatic carbocycles. The largest absolute Gasteiger partial charge is 0.390 e. The van der Waals surface area contributed by atoms with E-state index in [1.54, 1.807) is 0 Å². The fraction of sp³-hybridized carbons (Fsp3) is 0.860. The molecule has 7 aliphatic rings. The zero-order valence-electron chi connectivity index (χ0n) is 32.3. The summed E-state index contributed by atoms with van der Waals surface area (Å²) < 4.78 is 26.4. The van der Waals surface area contributed by atoms with Crippen LogP contribution < -0.4 is 0 Å². The van der Waals surface area contributed by atoms with Gasteiger partial charge in [0.25, 0.3) is 0 Å². The maximum atomic E-state index is 12.6. The van der Waals surface area contributed by atoms with Crippen LogP contribution in [0.4, 0.5) is 0 Å². The molecule has 5 aliphatic carbocycles. The summed E-state index contributed by atoms with van der Waals surface area (Å²) in [6, 6.07) is 10.8. The molecule has 7 fully saturated rings. The molecule has 0 bridgehead atoms. The van der Waals surface area contributed by atoms with Gasteiger partial charge in [0, 0.05) is 31.7 Å². The van der Waals surface area contributed by atoms with Crippen LogP contribution >= 0.6 is 0 Å². The van der Waals surface area contributed by atoms with Gasteiger partial charge in [0.1, 0.15) is 6.10 Å². The Morgan fingerprint density at radius 3 is 2.44 bits per heavy atom. The molecule has 2 heterocycles. The summed E-state index contributed by atoms with van der Waals surface area (Å²) in [5, 5.41) is 23.7. The Bertz CT molecular complexity index is 1400. The Balaban J connectivity index is 1.00. The van der Waals surface area contributed by atoms with E-state index in [1.807, 2.05) is 20.8 Å². The lowest BCUT2D eigenvalue weighted by Crippen LogP contribution is -2.60. The fourth-order valence-electron chi connectivity index (χ4n) is 14.6. The second-order valence-corrected chi connectivity index (χ2v) is 19.7. The molecule has 0 radical (unpaired) electrons. The molecular weight excluding hydrogens is 626 g/mol. The van der Waals surface area contributed by atoms with Gasteiger partial charge < -0.3 is 29.2 Å². The first-order valence-electron chi connectivity index (χ1n) is 20.3. The smallest absolute Gasteiger partial charge is 0.170 e. The van der Waals surface area contributed by atoms with E-state index in [0.29, 0.717) is 41.1 Å². The second-order valence-electron chi connectivity index (χ2n) is 19.7. The Morgan fingerprint density at radius 1 is 1.00 bits per heavy atom. The van der Waals surface area contributed by atoms with Gasteiger partial charge in [-0.15, -0.1) is 0 Å². The van der Waals surface area contributed by atoms with Gasteiger partial charge in [-0.05, 0) is 123 Å². The van der Waals surface area contributed by atoms with Crippen LogP contribution in [-0.2, 0) is 25.5 Å². The van der Waals surface area contributed by atoms with Crippen molar-refractivity contribution in [2.45, 2.75) is 156 Å². The fourth-order valence-corrected chi connectivity index (χ4v) is 14.6. The van der Waals surface area contributed by atoms with E-state index < -0.39 is 17.8 Å². The summed E-state index contributed by atoms with van der Waals surface area (Å²) >= 11 is 0. The molecule has 2 N–H and O–H groups in total. The number of fused-ring (bicyclic) bond motifs is 4. The highest BCUT2D eigenvalue weighted by Gasteiger charge is 2.84. The molecule has 8 rings (SSSR count). The summed E-state index contributed by atoms with van der Waals surface area (Å²) in [7, 11) is 0. The predicted molar refractivity (Wildman–Crippen MR) is 194 cm³/mol. The molecule has 7 heteroatoms. The van der Waals surface area contributed by atoms with Crippen LogP contribution in [0.1, 0.15) is 112 Å². The Labute approximate surface area is 302 Å². The molecule has 2 saturated heterocycles. The Kier molecular flexibility index (Phi) is 8.79. The second kappa shape index (κ2) is 12.2. The molecule has 1 unspecified atom stereocenters.